The first-order valence-corrected chi connectivity index (χ1v) is 2.51. The van der Waals surface area contributed by atoms with Gasteiger partial charge >= 0.3 is 43.7 Å². The van der Waals surface area contributed by atoms with Crippen LogP contribution in [0.4, 0.5) is 0 Å². The quantitative estimate of drug-likeness (QED) is 0.355. The summed E-state index contributed by atoms with van der Waals surface area (Å²) in [6.07, 6.45) is 0.274. The van der Waals surface area contributed by atoms with E-state index >= 15 is 0 Å². The summed E-state index contributed by atoms with van der Waals surface area (Å²) in [5.41, 5.74) is 0. The second-order valence-corrected chi connectivity index (χ2v) is 2.06. The summed E-state index contributed by atoms with van der Waals surface area (Å²) in [5.74, 6) is -0.324. The monoisotopic (exact) mass is 160 g/mol. The van der Waals surface area contributed by atoms with Gasteiger partial charge in [-0.3, -0.25) is 0 Å². The van der Waals surface area contributed by atoms with E-state index in [1.165, 1.54) is 0 Å². The van der Waals surface area contributed by atoms with Gasteiger partial charge in [-0.1, -0.05) is 13.8 Å². The van der Waals surface area contributed by atoms with Gasteiger partial charge < -0.3 is 4.89 Å². The number of carbonyl (C=O) groups excluding carboxylic acids is 1. The van der Waals surface area contributed by atoms with Crippen LogP contribution in [-0.2, 0) is 9.68 Å². The second-order valence-electron chi connectivity index (χ2n) is 2.06. The van der Waals surface area contributed by atoms with Gasteiger partial charge in [0.05, 0.1) is 6.42 Å². The van der Waals surface area contributed by atoms with Gasteiger partial charge in [0.15, 0.2) is 0 Å². The van der Waals surface area contributed by atoms with E-state index in [4.69, 9.17) is 5.26 Å². The Kier molecular flexibility index (Phi) is 9.36. The predicted octanol–water partition coefficient (Wildman–Crippen LogP) is 0.132. The molecule has 0 saturated carbocycles. The van der Waals surface area contributed by atoms with Crippen molar-refractivity contribution in [3.8, 4) is 0 Å². The van der Waals surface area contributed by atoms with Crippen LogP contribution < -0.4 is 0 Å². The Hall–Kier alpha value is 0.690. The van der Waals surface area contributed by atoms with Crippen LogP contribution in [0, 0.1) is 5.92 Å². The summed E-state index contributed by atoms with van der Waals surface area (Å²) in [7, 11) is 0. The molecule has 0 aliphatic rings. The van der Waals surface area contributed by atoms with Crippen LogP contribution in [0.5, 0.6) is 0 Å². The first-order valence-electron chi connectivity index (χ1n) is 2.51. The van der Waals surface area contributed by atoms with Crippen LogP contribution in [0.15, 0.2) is 0 Å². The molecule has 0 aliphatic carbocycles. The van der Waals surface area contributed by atoms with Crippen LogP contribution in [0.2, 0.25) is 0 Å². The van der Waals surface area contributed by atoms with Crippen molar-refractivity contribution in [3.05, 3.63) is 0 Å². The van der Waals surface area contributed by atoms with E-state index in [-0.39, 0.29) is 50.1 Å². The Balaban J connectivity index is 0. The first-order chi connectivity index (χ1) is 3.66. The molecule has 0 aromatic heterocycles. The zero-order chi connectivity index (χ0) is 6.57. The van der Waals surface area contributed by atoms with Gasteiger partial charge in [-0.15, -0.1) is 0 Å². The van der Waals surface area contributed by atoms with Gasteiger partial charge in [0.25, 0.3) is 0 Å². The van der Waals surface area contributed by atoms with Crippen molar-refractivity contribution in [2.24, 2.45) is 5.92 Å². The van der Waals surface area contributed by atoms with Gasteiger partial charge in [-0.25, -0.2) is 4.79 Å². The average Bonchev–Trinajstić information content (AvgIpc) is 1.65. The van der Waals surface area contributed by atoms with Gasteiger partial charge in [0.2, 0.25) is 0 Å². The zero-order valence-electron chi connectivity index (χ0n) is 5.05. The van der Waals surface area contributed by atoms with Gasteiger partial charge in [0, 0.05) is 0 Å². The zero-order valence-corrected chi connectivity index (χ0v) is 5.05. The van der Waals surface area contributed by atoms with Crippen molar-refractivity contribution in [1.82, 2.24) is 0 Å². The molecule has 0 aromatic carbocycles. The standard InChI is InChI=1S/C5H10O3.Ca.2H/c1-4(2)3-5(6)8-7;;;/h4,7H,3H2,1-2H3;;;. The molecule has 1 N–H and O–H groups in total. The van der Waals surface area contributed by atoms with Crippen LogP contribution in [0.25, 0.3) is 0 Å². The van der Waals surface area contributed by atoms with Crippen LogP contribution in [0.1, 0.15) is 20.3 Å². The summed E-state index contributed by atoms with van der Waals surface area (Å²) in [6, 6.07) is 0. The van der Waals surface area contributed by atoms with Crippen molar-refractivity contribution in [1.29, 1.82) is 0 Å². The van der Waals surface area contributed by atoms with E-state index in [0.717, 1.165) is 0 Å². The summed E-state index contributed by atoms with van der Waals surface area (Å²) >= 11 is 0. The molecule has 9 heavy (non-hydrogen) atoms. The molecule has 0 heterocycles. The molecule has 4 heteroatoms. The van der Waals surface area contributed by atoms with Gasteiger partial charge in [-0.2, -0.15) is 5.26 Å². The third-order valence-corrected chi connectivity index (χ3v) is 0.677. The third-order valence-electron chi connectivity index (χ3n) is 0.677. The summed E-state index contributed by atoms with van der Waals surface area (Å²) in [5, 5.41) is 7.73. The molecular formula is C5H12CaO3. The van der Waals surface area contributed by atoms with E-state index in [1.54, 1.807) is 0 Å². The number of carbonyl (C=O) groups is 1. The van der Waals surface area contributed by atoms with Gasteiger partial charge in [-0.05, 0) is 5.92 Å². The molecule has 0 aromatic rings. The van der Waals surface area contributed by atoms with Crippen LogP contribution in [-0.4, -0.2) is 49.0 Å². The third kappa shape index (κ3) is 8.69. The van der Waals surface area contributed by atoms with E-state index in [0.29, 0.717) is 0 Å². The maximum absolute atomic E-state index is 10.2. The molecule has 0 aliphatic heterocycles. The average molecular weight is 160 g/mol. The van der Waals surface area contributed by atoms with Crippen molar-refractivity contribution in [3.63, 3.8) is 0 Å². The fraction of sp³-hybridized carbons (Fsp3) is 0.800. The van der Waals surface area contributed by atoms with Crippen molar-refractivity contribution in [2.75, 3.05) is 0 Å². The SMILES string of the molecule is CC(C)CC(=O)OO.[CaH2]. The van der Waals surface area contributed by atoms with Gasteiger partial charge in [0.1, 0.15) is 0 Å². The molecule has 0 spiro atoms. The van der Waals surface area contributed by atoms with E-state index < -0.39 is 5.97 Å². The Labute approximate surface area is 84.3 Å². The van der Waals surface area contributed by atoms with Crippen molar-refractivity contribution in [2.45, 2.75) is 20.3 Å². The fourth-order valence-electron chi connectivity index (χ4n) is 0.371. The Morgan fingerprint density at radius 3 is 2.22 bits per heavy atom. The minimum absolute atomic E-state index is 0. The van der Waals surface area contributed by atoms with Crippen molar-refractivity contribution < 1.29 is 14.9 Å². The molecule has 0 rings (SSSR count). The maximum atomic E-state index is 10.2. The fourth-order valence-corrected chi connectivity index (χ4v) is 0.371. The molecule has 0 unspecified atom stereocenters. The molecule has 0 bridgehead atoms. The normalized spacial score (nSPS) is 8.44. The van der Waals surface area contributed by atoms with Crippen molar-refractivity contribution >= 4 is 43.7 Å². The van der Waals surface area contributed by atoms with E-state index in [1.807, 2.05) is 13.8 Å². The van der Waals surface area contributed by atoms with Crippen LogP contribution >= 0.6 is 0 Å². The number of hydrogen-bond donors (Lipinski definition) is 1. The summed E-state index contributed by atoms with van der Waals surface area (Å²) in [6.45, 7) is 3.74. The molecular weight excluding hydrogens is 148 g/mol. The number of rotatable bonds is 2. The molecule has 0 saturated heterocycles. The molecule has 0 fully saturated rings. The predicted molar refractivity (Wildman–Crippen MR) is 36.7 cm³/mol. The molecule has 0 radical (unpaired) electrons. The van der Waals surface area contributed by atoms with E-state index in [9.17, 15) is 4.79 Å². The van der Waals surface area contributed by atoms with Crippen LogP contribution in [0.3, 0.4) is 0 Å². The molecule has 52 valence electrons. The number of hydrogen-bond acceptors (Lipinski definition) is 3. The Bertz CT molecular complexity index is 82.3. The molecule has 3 nitrogen and oxygen atoms in total. The molecule has 0 atom stereocenters. The summed E-state index contributed by atoms with van der Waals surface area (Å²) in [4.78, 5) is 13.6. The summed E-state index contributed by atoms with van der Waals surface area (Å²) < 4.78 is 0. The Morgan fingerprint density at radius 2 is 2.11 bits per heavy atom. The second kappa shape index (κ2) is 6.80. The topological polar surface area (TPSA) is 46.5 Å². The Morgan fingerprint density at radius 1 is 1.67 bits per heavy atom. The van der Waals surface area contributed by atoms with E-state index in [2.05, 4.69) is 4.89 Å². The first kappa shape index (κ1) is 12.4. The molecule has 0 amide bonds. The minimum atomic E-state index is -0.569.